The molecule has 0 fully saturated rings. The Kier molecular flexibility index (Phi) is 2.50. The molecule has 0 aliphatic carbocycles. The lowest BCUT2D eigenvalue weighted by molar-refractivity contribution is -0.384. The van der Waals surface area contributed by atoms with Crippen LogP contribution in [0.2, 0.25) is 0 Å². The van der Waals surface area contributed by atoms with Gasteiger partial charge in [-0.2, -0.15) is 15.0 Å². The van der Waals surface area contributed by atoms with E-state index in [1.165, 1.54) is 12.3 Å². The molecule has 0 amide bonds. The van der Waals surface area contributed by atoms with Crippen LogP contribution in [-0.2, 0) is 0 Å². The third-order valence-corrected chi connectivity index (χ3v) is 1.94. The number of hydrogen-bond acceptors (Lipinski definition) is 6. The van der Waals surface area contributed by atoms with E-state index < -0.39 is 4.92 Å². The summed E-state index contributed by atoms with van der Waals surface area (Å²) >= 11 is 0. The van der Waals surface area contributed by atoms with Gasteiger partial charge in [0.1, 0.15) is 24.2 Å². The van der Waals surface area contributed by atoms with Crippen molar-refractivity contribution in [1.82, 2.24) is 19.7 Å². The molecule has 0 N–H and O–H groups in total. The third kappa shape index (κ3) is 2.07. The second kappa shape index (κ2) is 3.97. The van der Waals surface area contributed by atoms with E-state index in [0.717, 1.165) is 10.9 Å². The van der Waals surface area contributed by atoms with E-state index in [0.29, 0.717) is 5.69 Å². The van der Waals surface area contributed by atoms with Crippen molar-refractivity contribution in [2.24, 2.45) is 0 Å². The Morgan fingerprint density at radius 2 is 2.29 bits per heavy atom. The molecular formula is C9H6N6O2. The predicted molar refractivity (Wildman–Crippen MR) is 55.3 cm³/mol. The monoisotopic (exact) mass is 230 g/mol. The number of nitriles is 1. The molecule has 0 atom stereocenters. The van der Waals surface area contributed by atoms with Crippen LogP contribution in [0.1, 0.15) is 11.4 Å². The molecule has 0 bridgehead atoms. The Morgan fingerprint density at radius 3 is 2.88 bits per heavy atom. The molecule has 2 heterocycles. The van der Waals surface area contributed by atoms with Crippen LogP contribution in [0.4, 0.5) is 5.69 Å². The fourth-order valence-electron chi connectivity index (χ4n) is 1.23. The summed E-state index contributed by atoms with van der Waals surface area (Å²) in [5.41, 5.74) is 0.615. The molecule has 0 spiro atoms. The third-order valence-electron chi connectivity index (χ3n) is 1.94. The van der Waals surface area contributed by atoms with Crippen molar-refractivity contribution < 1.29 is 4.92 Å². The maximum Gasteiger partial charge on any atom is 0.307 e. The molecule has 0 aliphatic heterocycles. The maximum absolute atomic E-state index is 10.5. The van der Waals surface area contributed by atoms with Gasteiger partial charge in [-0.25, -0.2) is 9.97 Å². The van der Waals surface area contributed by atoms with Crippen molar-refractivity contribution in [2.45, 2.75) is 6.92 Å². The lowest BCUT2D eigenvalue weighted by Gasteiger charge is -2.00. The number of aromatic nitrogens is 4. The van der Waals surface area contributed by atoms with Gasteiger partial charge in [-0.05, 0) is 13.0 Å². The van der Waals surface area contributed by atoms with Crippen LogP contribution < -0.4 is 0 Å². The number of hydrogen-bond donors (Lipinski definition) is 0. The molecule has 8 nitrogen and oxygen atoms in total. The number of aryl methyl sites for hydroxylation is 1. The smallest absolute Gasteiger partial charge is 0.258 e. The maximum atomic E-state index is 10.5. The van der Waals surface area contributed by atoms with Gasteiger partial charge in [0.2, 0.25) is 0 Å². The lowest BCUT2D eigenvalue weighted by Crippen LogP contribution is -2.04. The minimum absolute atomic E-state index is 0.134. The first kappa shape index (κ1) is 10.7. The highest BCUT2D eigenvalue weighted by Gasteiger charge is 2.12. The Balaban J connectivity index is 2.49. The van der Waals surface area contributed by atoms with Gasteiger partial charge < -0.3 is 0 Å². The largest absolute Gasteiger partial charge is 0.307 e. The predicted octanol–water partition coefficient (Wildman–Crippen LogP) is 0.751. The van der Waals surface area contributed by atoms with Crippen molar-refractivity contribution >= 4 is 5.69 Å². The summed E-state index contributed by atoms with van der Waals surface area (Å²) in [6.45, 7) is 1.70. The van der Waals surface area contributed by atoms with Crippen molar-refractivity contribution in [3.8, 4) is 12.0 Å². The molecule has 17 heavy (non-hydrogen) atoms. The van der Waals surface area contributed by atoms with Crippen molar-refractivity contribution in [1.29, 1.82) is 5.26 Å². The molecule has 0 aliphatic rings. The Hall–Kier alpha value is -2.82. The minimum atomic E-state index is -0.565. The first-order valence-electron chi connectivity index (χ1n) is 4.55. The summed E-state index contributed by atoms with van der Waals surface area (Å²) in [6, 6.07) is 3.40. The fourth-order valence-corrected chi connectivity index (χ4v) is 1.23. The minimum Gasteiger partial charge on any atom is -0.258 e. The van der Waals surface area contributed by atoms with Gasteiger partial charge >= 0.3 is 5.69 Å². The van der Waals surface area contributed by atoms with Gasteiger partial charge in [0, 0.05) is 5.69 Å². The van der Waals surface area contributed by atoms with Crippen LogP contribution in [0.5, 0.6) is 0 Å². The summed E-state index contributed by atoms with van der Waals surface area (Å²) < 4.78 is 1.16. The Labute approximate surface area is 95.3 Å². The van der Waals surface area contributed by atoms with Crippen LogP contribution in [0.25, 0.3) is 5.95 Å². The Morgan fingerprint density at radius 1 is 1.53 bits per heavy atom. The molecule has 2 aromatic heterocycles. The SMILES string of the molecule is Cc1cc(C#N)nc(-n2cc([N+](=O)[O-])cn2)n1. The highest BCUT2D eigenvalue weighted by molar-refractivity contribution is 5.29. The summed E-state index contributed by atoms with van der Waals surface area (Å²) in [7, 11) is 0. The molecule has 0 radical (unpaired) electrons. The lowest BCUT2D eigenvalue weighted by atomic mass is 10.3. The number of rotatable bonds is 2. The molecule has 2 aromatic rings. The molecule has 2 rings (SSSR count). The van der Waals surface area contributed by atoms with Crippen molar-refractivity contribution in [3.63, 3.8) is 0 Å². The summed E-state index contributed by atoms with van der Waals surface area (Å²) in [4.78, 5) is 17.9. The van der Waals surface area contributed by atoms with Gasteiger partial charge in [0.15, 0.2) is 0 Å². The second-order valence-corrected chi connectivity index (χ2v) is 3.21. The topological polar surface area (TPSA) is 111 Å². The van der Waals surface area contributed by atoms with Crippen molar-refractivity contribution in [3.05, 3.63) is 40.0 Å². The average Bonchev–Trinajstić information content (AvgIpc) is 2.77. The van der Waals surface area contributed by atoms with E-state index in [4.69, 9.17) is 5.26 Å². The number of nitrogens with zero attached hydrogens (tertiary/aromatic N) is 6. The average molecular weight is 230 g/mol. The van der Waals surface area contributed by atoms with E-state index in [2.05, 4.69) is 15.1 Å². The van der Waals surface area contributed by atoms with E-state index in [1.807, 2.05) is 6.07 Å². The van der Waals surface area contributed by atoms with E-state index in [1.54, 1.807) is 6.92 Å². The fraction of sp³-hybridized carbons (Fsp3) is 0.111. The molecule has 0 saturated heterocycles. The zero-order valence-corrected chi connectivity index (χ0v) is 8.73. The highest BCUT2D eigenvalue weighted by Crippen LogP contribution is 2.11. The zero-order chi connectivity index (χ0) is 12.4. The standard InChI is InChI=1S/C9H6N6O2/c1-6-2-7(3-10)13-9(12-6)14-5-8(4-11-14)15(16)17/h2,4-5H,1H3. The van der Waals surface area contributed by atoms with Gasteiger partial charge in [-0.15, -0.1) is 0 Å². The summed E-state index contributed by atoms with van der Waals surface area (Å²) in [5.74, 6) is 0.134. The van der Waals surface area contributed by atoms with E-state index in [-0.39, 0.29) is 17.3 Å². The molecule has 84 valence electrons. The second-order valence-electron chi connectivity index (χ2n) is 3.21. The first-order valence-corrected chi connectivity index (χ1v) is 4.55. The highest BCUT2D eigenvalue weighted by atomic mass is 16.6. The summed E-state index contributed by atoms with van der Waals surface area (Å²) in [5, 5.41) is 23.0. The van der Waals surface area contributed by atoms with Crippen molar-refractivity contribution in [2.75, 3.05) is 0 Å². The van der Waals surface area contributed by atoms with Crippen LogP contribution in [0.15, 0.2) is 18.5 Å². The quantitative estimate of drug-likeness (QED) is 0.556. The van der Waals surface area contributed by atoms with Crippen LogP contribution in [-0.4, -0.2) is 24.7 Å². The zero-order valence-electron chi connectivity index (χ0n) is 8.73. The summed E-state index contributed by atoms with van der Waals surface area (Å²) in [6.07, 6.45) is 2.29. The van der Waals surface area contributed by atoms with Gasteiger partial charge in [0.25, 0.3) is 5.95 Å². The van der Waals surface area contributed by atoms with Crippen LogP contribution in [0, 0.1) is 28.4 Å². The van der Waals surface area contributed by atoms with Crippen LogP contribution in [0.3, 0.4) is 0 Å². The molecule has 0 saturated carbocycles. The molecule has 8 heteroatoms. The normalized spacial score (nSPS) is 9.88. The molecular weight excluding hydrogens is 224 g/mol. The van der Waals surface area contributed by atoms with Crippen LogP contribution >= 0.6 is 0 Å². The number of nitro groups is 1. The van der Waals surface area contributed by atoms with Gasteiger partial charge in [0.05, 0.1) is 4.92 Å². The van der Waals surface area contributed by atoms with E-state index >= 15 is 0 Å². The van der Waals surface area contributed by atoms with Gasteiger partial charge in [-0.1, -0.05) is 0 Å². The van der Waals surface area contributed by atoms with Gasteiger partial charge in [-0.3, -0.25) is 10.1 Å². The molecule has 0 unspecified atom stereocenters. The Bertz CT molecular complexity index is 627. The first-order chi connectivity index (χ1) is 8.10. The molecule has 0 aromatic carbocycles. The van der Waals surface area contributed by atoms with E-state index in [9.17, 15) is 10.1 Å².